The van der Waals surface area contributed by atoms with E-state index >= 15 is 0 Å². The molecule has 5 heteroatoms. The van der Waals surface area contributed by atoms with E-state index < -0.39 is 0 Å². The van der Waals surface area contributed by atoms with Crippen molar-refractivity contribution in [2.45, 2.75) is 13.8 Å². The zero-order chi connectivity index (χ0) is 19.2. The van der Waals surface area contributed by atoms with Crippen molar-refractivity contribution in [3.05, 3.63) is 71.3 Å². The Bertz CT molecular complexity index is 976. The summed E-state index contributed by atoms with van der Waals surface area (Å²) in [4.78, 5) is 12.0. The highest BCUT2D eigenvalue weighted by molar-refractivity contribution is 6.02. The smallest absolute Gasteiger partial charge is 0.277 e. The molecule has 0 radical (unpaired) electrons. The Hall–Kier alpha value is -3.34. The van der Waals surface area contributed by atoms with Gasteiger partial charge in [-0.25, -0.2) is 5.43 Å². The fourth-order valence-electron chi connectivity index (χ4n) is 2.95. The minimum absolute atomic E-state index is 0.104. The quantitative estimate of drug-likeness (QED) is 0.533. The van der Waals surface area contributed by atoms with E-state index in [2.05, 4.69) is 16.6 Å². The maximum atomic E-state index is 12.0. The summed E-state index contributed by atoms with van der Waals surface area (Å²) in [5.41, 5.74) is 5.49. The molecule has 0 bridgehead atoms. The maximum absolute atomic E-state index is 12.0. The highest BCUT2D eigenvalue weighted by Crippen LogP contribution is 2.26. The van der Waals surface area contributed by atoms with Crippen LogP contribution in [0.25, 0.3) is 10.8 Å². The van der Waals surface area contributed by atoms with E-state index in [1.165, 1.54) is 0 Å². The first-order valence-corrected chi connectivity index (χ1v) is 8.65. The maximum Gasteiger partial charge on any atom is 0.277 e. The van der Waals surface area contributed by atoms with Crippen LogP contribution in [0.5, 0.6) is 11.5 Å². The van der Waals surface area contributed by atoms with E-state index in [-0.39, 0.29) is 12.5 Å². The Balaban J connectivity index is 1.66. The largest absolute Gasteiger partial charge is 0.496 e. The Morgan fingerprint density at radius 3 is 2.56 bits per heavy atom. The number of rotatable bonds is 6. The third-order valence-corrected chi connectivity index (χ3v) is 4.10. The number of fused-ring (bicyclic) bond motifs is 1. The molecule has 0 aliphatic rings. The highest BCUT2D eigenvalue weighted by Gasteiger charge is 2.07. The highest BCUT2D eigenvalue weighted by atomic mass is 16.5. The Morgan fingerprint density at radius 2 is 1.81 bits per heavy atom. The van der Waals surface area contributed by atoms with Gasteiger partial charge < -0.3 is 9.47 Å². The molecule has 0 aliphatic heterocycles. The minimum atomic E-state index is -0.329. The van der Waals surface area contributed by atoms with Crippen molar-refractivity contribution in [2.75, 3.05) is 13.7 Å². The van der Waals surface area contributed by atoms with Crippen LogP contribution in [0.2, 0.25) is 0 Å². The monoisotopic (exact) mass is 362 g/mol. The van der Waals surface area contributed by atoms with Crippen LogP contribution in [0.3, 0.4) is 0 Å². The third kappa shape index (κ3) is 4.64. The van der Waals surface area contributed by atoms with Gasteiger partial charge in [-0.15, -0.1) is 0 Å². The van der Waals surface area contributed by atoms with Gasteiger partial charge in [-0.1, -0.05) is 36.4 Å². The van der Waals surface area contributed by atoms with Gasteiger partial charge in [0.05, 0.1) is 13.3 Å². The normalized spacial score (nSPS) is 10.9. The lowest BCUT2D eigenvalue weighted by Gasteiger charge is -2.09. The lowest BCUT2D eigenvalue weighted by atomic mass is 10.0. The lowest BCUT2D eigenvalue weighted by Crippen LogP contribution is -2.24. The number of benzene rings is 3. The number of aryl methyl sites for hydroxylation is 2. The van der Waals surface area contributed by atoms with Gasteiger partial charge in [-0.05, 0) is 53.9 Å². The van der Waals surface area contributed by atoms with Crippen molar-refractivity contribution in [3.63, 3.8) is 0 Å². The molecule has 0 atom stereocenters. The number of carbonyl (C=O) groups excluding carboxylic acids is 1. The standard InChI is InChI=1S/C22H22N2O3/c1-15-10-16(2)12-18(11-15)27-14-22(25)24-23-13-20-19-7-5-4-6-17(19)8-9-21(20)26-3/h4-13H,14H2,1-3H3,(H,24,25)/b23-13+. The summed E-state index contributed by atoms with van der Waals surface area (Å²) in [7, 11) is 1.61. The fourth-order valence-corrected chi connectivity index (χ4v) is 2.95. The molecule has 0 saturated heterocycles. The summed E-state index contributed by atoms with van der Waals surface area (Å²) >= 11 is 0. The van der Waals surface area contributed by atoms with Crippen LogP contribution in [0.4, 0.5) is 0 Å². The summed E-state index contributed by atoms with van der Waals surface area (Å²) in [5, 5.41) is 6.14. The van der Waals surface area contributed by atoms with Gasteiger partial charge in [-0.2, -0.15) is 5.10 Å². The van der Waals surface area contributed by atoms with Gasteiger partial charge in [0.1, 0.15) is 11.5 Å². The van der Waals surface area contributed by atoms with E-state index in [4.69, 9.17) is 9.47 Å². The molecule has 0 aliphatic carbocycles. The first-order chi connectivity index (χ1) is 13.1. The van der Waals surface area contributed by atoms with Crippen LogP contribution < -0.4 is 14.9 Å². The van der Waals surface area contributed by atoms with Gasteiger partial charge in [0.2, 0.25) is 0 Å². The first kappa shape index (κ1) is 18.5. The van der Waals surface area contributed by atoms with E-state index in [1.807, 2.05) is 62.4 Å². The van der Waals surface area contributed by atoms with Crippen LogP contribution in [0, 0.1) is 13.8 Å². The first-order valence-electron chi connectivity index (χ1n) is 8.65. The van der Waals surface area contributed by atoms with Crippen molar-refractivity contribution in [2.24, 2.45) is 5.10 Å². The summed E-state index contributed by atoms with van der Waals surface area (Å²) in [6.07, 6.45) is 1.59. The predicted molar refractivity (Wildman–Crippen MR) is 108 cm³/mol. The van der Waals surface area contributed by atoms with Gasteiger partial charge in [0.25, 0.3) is 5.91 Å². The molecule has 0 unspecified atom stereocenters. The fraction of sp³-hybridized carbons (Fsp3) is 0.182. The van der Waals surface area contributed by atoms with Crippen molar-refractivity contribution in [3.8, 4) is 11.5 Å². The van der Waals surface area contributed by atoms with Crippen molar-refractivity contribution < 1.29 is 14.3 Å². The van der Waals surface area contributed by atoms with Crippen molar-refractivity contribution >= 4 is 22.9 Å². The molecule has 3 aromatic carbocycles. The number of amides is 1. The molecule has 0 heterocycles. The zero-order valence-electron chi connectivity index (χ0n) is 15.7. The molecular formula is C22H22N2O3. The van der Waals surface area contributed by atoms with E-state index in [1.54, 1.807) is 13.3 Å². The van der Waals surface area contributed by atoms with Crippen LogP contribution in [0.15, 0.2) is 59.7 Å². The molecule has 0 fully saturated rings. The summed E-state index contributed by atoms with van der Waals surface area (Å²) in [6, 6.07) is 17.6. The third-order valence-electron chi connectivity index (χ3n) is 4.10. The molecule has 0 spiro atoms. The molecule has 3 rings (SSSR count). The second-order valence-electron chi connectivity index (χ2n) is 6.31. The van der Waals surface area contributed by atoms with E-state index in [9.17, 15) is 4.79 Å². The molecule has 1 N–H and O–H groups in total. The summed E-state index contributed by atoms with van der Waals surface area (Å²) < 4.78 is 10.9. The Morgan fingerprint density at radius 1 is 1.07 bits per heavy atom. The van der Waals surface area contributed by atoms with Crippen LogP contribution >= 0.6 is 0 Å². The average molecular weight is 362 g/mol. The van der Waals surface area contributed by atoms with Crippen molar-refractivity contribution in [1.29, 1.82) is 0 Å². The number of hydrazone groups is 1. The number of nitrogens with zero attached hydrogens (tertiary/aromatic N) is 1. The summed E-state index contributed by atoms with van der Waals surface area (Å²) in [6.45, 7) is 3.87. The number of ether oxygens (including phenoxy) is 2. The molecule has 1 amide bonds. The SMILES string of the molecule is COc1ccc2ccccc2c1/C=N/NC(=O)COc1cc(C)cc(C)c1. The predicted octanol–water partition coefficient (Wildman–Crippen LogP) is 3.99. The van der Waals surface area contributed by atoms with Crippen LogP contribution in [0.1, 0.15) is 16.7 Å². The topological polar surface area (TPSA) is 59.9 Å². The average Bonchev–Trinajstić information content (AvgIpc) is 2.65. The molecule has 0 aromatic heterocycles. The van der Waals surface area contributed by atoms with Crippen LogP contribution in [-0.4, -0.2) is 25.8 Å². The van der Waals surface area contributed by atoms with E-state index in [0.717, 1.165) is 27.5 Å². The van der Waals surface area contributed by atoms with Gasteiger partial charge in [0.15, 0.2) is 6.61 Å². The summed E-state index contributed by atoms with van der Waals surface area (Å²) in [5.74, 6) is 1.03. The van der Waals surface area contributed by atoms with Gasteiger partial charge in [0, 0.05) is 5.56 Å². The Labute approximate surface area is 158 Å². The number of nitrogens with one attached hydrogen (secondary N) is 1. The molecule has 27 heavy (non-hydrogen) atoms. The second kappa shape index (κ2) is 8.36. The minimum Gasteiger partial charge on any atom is -0.496 e. The zero-order valence-corrected chi connectivity index (χ0v) is 15.7. The van der Waals surface area contributed by atoms with Crippen LogP contribution in [-0.2, 0) is 4.79 Å². The van der Waals surface area contributed by atoms with Gasteiger partial charge >= 0.3 is 0 Å². The molecular weight excluding hydrogens is 340 g/mol. The molecule has 5 nitrogen and oxygen atoms in total. The molecule has 138 valence electrons. The van der Waals surface area contributed by atoms with Gasteiger partial charge in [-0.3, -0.25) is 4.79 Å². The lowest BCUT2D eigenvalue weighted by molar-refractivity contribution is -0.123. The molecule has 0 saturated carbocycles. The van der Waals surface area contributed by atoms with E-state index in [0.29, 0.717) is 11.5 Å². The second-order valence-corrected chi connectivity index (χ2v) is 6.31. The Kier molecular flexibility index (Phi) is 5.71. The number of hydrogen-bond donors (Lipinski definition) is 1. The van der Waals surface area contributed by atoms with Crippen molar-refractivity contribution in [1.82, 2.24) is 5.43 Å². The molecule has 3 aromatic rings. The number of hydrogen-bond acceptors (Lipinski definition) is 4. The number of methoxy groups -OCH3 is 1. The number of carbonyl (C=O) groups is 1.